The number of hydrogen-bond donors (Lipinski definition) is 1. The van der Waals surface area contributed by atoms with Crippen LogP contribution < -0.4 is 9.80 Å². The molecule has 6 rings (SSSR count). The number of anilines is 2. The number of benzene rings is 2. The number of non-ortho nitro benzene ring substituents is 1. The summed E-state index contributed by atoms with van der Waals surface area (Å²) >= 11 is 0. The lowest BCUT2D eigenvalue weighted by Crippen LogP contribution is -2.45. The Kier molecular flexibility index (Phi) is 7.61. The van der Waals surface area contributed by atoms with Crippen LogP contribution in [0, 0.1) is 16.0 Å². The van der Waals surface area contributed by atoms with Crippen molar-refractivity contribution >= 4 is 43.2 Å². The lowest BCUT2D eigenvalue weighted by atomic mass is 9.82. The average Bonchev–Trinajstić information content (AvgIpc) is 3.63. The van der Waals surface area contributed by atoms with E-state index < -0.39 is 42.4 Å². The molecule has 4 aliphatic heterocycles. The average molecular weight is 625 g/mol. The van der Waals surface area contributed by atoms with Crippen LogP contribution in [0.3, 0.4) is 0 Å². The number of nitro groups is 1. The van der Waals surface area contributed by atoms with Gasteiger partial charge in [-0.15, -0.1) is 0 Å². The number of nitro benzene ring substituents is 1. The van der Waals surface area contributed by atoms with Gasteiger partial charge in [-0.1, -0.05) is 19.1 Å². The van der Waals surface area contributed by atoms with E-state index in [0.717, 1.165) is 17.7 Å². The van der Waals surface area contributed by atoms with E-state index >= 15 is 4.11 Å². The zero-order chi connectivity index (χ0) is 31.6. The van der Waals surface area contributed by atoms with Crippen LogP contribution in [0.1, 0.15) is 43.7 Å². The van der Waals surface area contributed by atoms with Gasteiger partial charge in [0, 0.05) is 54.4 Å². The van der Waals surface area contributed by atoms with Gasteiger partial charge >= 0.3 is 0 Å². The number of nitrogens with zero attached hydrogens (tertiary/aromatic N) is 4. The topological polar surface area (TPSA) is 134 Å². The van der Waals surface area contributed by atoms with Crippen LogP contribution in [0.25, 0.3) is 0 Å². The van der Waals surface area contributed by atoms with Crippen molar-refractivity contribution in [3.05, 3.63) is 63.7 Å². The number of rotatable bonds is 8. The molecule has 0 radical (unpaired) electrons. The molecule has 0 aromatic heterocycles. The molecule has 1 spiro atoms. The number of ether oxygens (including phenoxy) is 1. The van der Waals surface area contributed by atoms with Crippen molar-refractivity contribution in [3.8, 4) is 0 Å². The predicted molar refractivity (Wildman–Crippen MR) is 162 cm³/mol. The van der Waals surface area contributed by atoms with E-state index in [0.29, 0.717) is 37.2 Å². The second kappa shape index (κ2) is 11.0. The minimum atomic E-state index is -3.56. The summed E-state index contributed by atoms with van der Waals surface area (Å²) in [5.74, 6) is -1.37. The Bertz CT molecular complexity index is 1520. The number of carbonyl (C=O) groups is 3. The molecular weight excluding hydrogens is 587 g/mol. The highest BCUT2D eigenvalue weighted by atomic mass is 28.4. The van der Waals surface area contributed by atoms with Crippen molar-refractivity contribution < 1.29 is 33.3 Å². The van der Waals surface area contributed by atoms with Crippen molar-refractivity contribution in [2.24, 2.45) is 5.92 Å². The Morgan fingerprint density at radius 1 is 1.18 bits per heavy atom. The third kappa shape index (κ3) is 4.81. The molecule has 44 heavy (non-hydrogen) atoms. The smallest absolute Gasteiger partial charge is 0.269 e. The first-order valence-electron chi connectivity index (χ1n) is 15.1. The van der Waals surface area contributed by atoms with Crippen LogP contribution in [-0.2, 0) is 31.3 Å². The van der Waals surface area contributed by atoms with Crippen LogP contribution in [0.15, 0.2) is 42.5 Å². The number of aliphatic hydroxyl groups excluding tert-OH is 1. The highest BCUT2D eigenvalue weighted by molar-refractivity contribution is 6.72. The fraction of sp³-hybridized carbons (Fsp3) is 0.516. The zero-order valence-electron chi connectivity index (χ0n) is 25.1. The Morgan fingerprint density at radius 2 is 1.91 bits per heavy atom. The van der Waals surface area contributed by atoms with Crippen molar-refractivity contribution in [1.82, 2.24) is 4.90 Å². The normalized spacial score (nSPS) is 28.2. The minimum absolute atomic E-state index is 0.0517. The third-order valence-corrected chi connectivity index (χ3v) is 12.3. The van der Waals surface area contributed by atoms with E-state index in [1.165, 1.54) is 36.2 Å². The van der Waals surface area contributed by atoms with Crippen LogP contribution in [0.4, 0.5) is 21.2 Å². The van der Waals surface area contributed by atoms with Crippen LogP contribution in [0.5, 0.6) is 0 Å². The van der Waals surface area contributed by atoms with Gasteiger partial charge in [-0.25, -0.2) is 0 Å². The van der Waals surface area contributed by atoms with Gasteiger partial charge in [0.2, 0.25) is 20.2 Å². The molecule has 11 nitrogen and oxygen atoms in total. The molecule has 2 aromatic carbocycles. The molecule has 1 N–H and O–H groups in total. The highest BCUT2D eigenvalue weighted by Gasteiger charge is 2.67. The minimum Gasteiger partial charge on any atom is -0.394 e. The lowest BCUT2D eigenvalue weighted by Gasteiger charge is -2.31. The second-order valence-corrected chi connectivity index (χ2v) is 16.6. The summed E-state index contributed by atoms with van der Waals surface area (Å²) in [6.07, 6.45) is 0.880. The molecule has 4 aliphatic rings. The number of hydrogen-bond acceptors (Lipinski definition) is 7. The quantitative estimate of drug-likeness (QED) is 0.154. The molecule has 3 fully saturated rings. The maximum atomic E-state index is 16.2. The number of fused-ring (bicyclic) bond motifs is 2. The summed E-state index contributed by atoms with van der Waals surface area (Å²) in [7, 11) is -3.56. The molecule has 234 valence electrons. The van der Waals surface area contributed by atoms with E-state index in [1.54, 1.807) is 16.7 Å². The summed E-state index contributed by atoms with van der Waals surface area (Å²) < 4.78 is 22.8. The standard InChI is InChI=1S/C31H37FN4O7Si/c1-19-29(44(2,3)32)26(16-28(39)33-13-4-5-23(33)18-37)43-31(19)24-15-22(36(41)42)10-11-25(24)35(30(31)40)17-20-6-8-21(9-7-20)34-14-12-27(34)38/h6-11,15,19,23,26,29,37H,4-5,12-14,16-18H2,1-3H3/t19-,23+,26+,29-,31+/m1/s1. The Hall–Kier alpha value is -3.68. The van der Waals surface area contributed by atoms with E-state index in [9.17, 15) is 29.6 Å². The first kappa shape index (κ1) is 30.3. The fourth-order valence-corrected chi connectivity index (χ4v) is 10.2. The first-order chi connectivity index (χ1) is 20.9. The molecule has 0 aliphatic carbocycles. The van der Waals surface area contributed by atoms with E-state index in [-0.39, 0.29) is 43.1 Å². The predicted octanol–water partition coefficient (Wildman–Crippen LogP) is 4.03. The maximum absolute atomic E-state index is 16.2. The van der Waals surface area contributed by atoms with Gasteiger partial charge in [0.25, 0.3) is 11.6 Å². The first-order valence-corrected chi connectivity index (χ1v) is 18.1. The van der Waals surface area contributed by atoms with E-state index in [4.69, 9.17) is 4.74 Å². The summed E-state index contributed by atoms with van der Waals surface area (Å²) in [6, 6.07) is 11.2. The van der Waals surface area contributed by atoms with E-state index in [2.05, 4.69) is 0 Å². The Balaban J connectivity index is 1.37. The maximum Gasteiger partial charge on any atom is 0.269 e. The monoisotopic (exact) mass is 624 g/mol. The van der Waals surface area contributed by atoms with Crippen molar-refractivity contribution in [2.75, 3.05) is 29.5 Å². The van der Waals surface area contributed by atoms with Gasteiger partial charge in [0.05, 0.1) is 42.3 Å². The molecule has 5 atom stereocenters. The van der Waals surface area contributed by atoms with Gasteiger partial charge in [-0.3, -0.25) is 24.5 Å². The van der Waals surface area contributed by atoms with Gasteiger partial charge in [-0.2, -0.15) is 0 Å². The second-order valence-electron chi connectivity index (χ2n) is 12.9. The Labute approximate surface area is 255 Å². The number of amides is 3. The molecular formula is C31H37FN4O7Si. The fourth-order valence-electron chi connectivity index (χ4n) is 7.70. The van der Waals surface area contributed by atoms with Gasteiger partial charge in [0.1, 0.15) is 0 Å². The molecule has 0 bridgehead atoms. The highest BCUT2D eigenvalue weighted by Crippen LogP contribution is 2.60. The van der Waals surface area contributed by atoms with Crippen LogP contribution in [-0.4, -0.2) is 72.9 Å². The zero-order valence-corrected chi connectivity index (χ0v) is 26.1. The molecule has 0 saturated carbocycles. The van der Waals surface area contributed by atoms with Crippen molar-refractivity contribution in [1.29, 1.82) is 0 Å². The third-order valence-electron chi connectivity index (χ3n) is 9.88. The van der Waals surface area contributed by atoms with Crippen LogP contribution >= 0.6 is 0 Å². The number of halogens is 1. The largest absolute Gasteiger partial charge is 0.394 e. The summed E-state index contributed by atoms with van der Waals surface area (Å²) in [5, 5.41) is 21.6. The number of aliphatic hydroxyl groups is 1. The SMILES string of the molecule is C[C@@H]1[C@@H]([Si](C)(C)F)[C@H](CC(=O)N2CCC[C@H]2CO)O[C@@]12C(=O)N(Cc1ccc(N3CCC3=O)cc1)c1ccc([N+](=O)[O-])cc12. The molecule has 2 aromatic rings. The summed E-state index contributed by atoms with van der Waals surface area (Å²) in [4.78, 5) is 56.0. The van der Waals surface area contributed by atoms with Crippen LogP contribution in [0.2, 0.25) is 18.6 Å². The Morgan fingerprint density at radius 3 is 2.50 bits per heavy atom. The number of likely N-dealkylation sites (tertiary alicyclic amines) is 1. The number of β-lactam (4-membered cyclic amide) rings is 1. The summed E-state index contributed by atoms with van der Waals surface area (Å²) in [6.45, 7) is 5.94. The molecule has 3 saturated heterocycles. The van der Waals surface area contributed by atoms with Gasteiger partial charge in [-0.05, 0) is 49.7 Å². The van der Waals surface area contributed by atoms with Crippen molar-refractivity contribution in [2.45, 2.75) is 75.5 Å². The molecule has 13 heteroatoms. The molecule has 0 unspecified atom stereocenters. The van der Waals surface area contributed by atoms with Gasteiger partial charge < -0.3 is 28.7 Å². The lowest BCUT2D eigenvalue weighted by molar-refractivity contribution is -0.385. The van der Waals surface area contributed by atoms with Crippen molar-refractivity contribution in [3.63, 3.8) is 0 Å². The molecule has 4 heterocycles. The van der Waals surface area contributed by atoms with E-state index in [1.807, 2.05) is 24.3 Å². The van der Waals surface area contributed by atoms with Gasteiger partial charge in [0.15, 0.2) is 5.60 Å². The number of carbonyl (C=O) groups excluding carboxylic acids is 3. The summed E-state index contributed by atoms with van der Waals surface area (Å²) in [5.41, 5.74) is -0.380. The molecule has 3 amide bonds.